The molecule has 0 amide bonds. The van der Waals surface area contributed by atoms with Gasteiger partial charge in [-0.2, -0.15) is 0 Å². The number of benzene rings is 1. The summed E-state index contributed by atoms with van der Waals surface area (Å²) in [4.78, 5) is 2.29. The molecule has 0 aromatic heterocycles. The molecular weight excluding hydrogens is 229 g/mol. The average molecular weight is 251 g/mol. The zero-order chi connectivity index (χ0) is 13.0. The molecule has 0 unspecified atom stereocenters. The molecule has 1 saturated heterocycles. The van der Waals surface area contributed by atoms with E-state index >= 15 is 0 Å². The van der Waals surface area contributed by atoms with Crippen LogP contribution in [0.25, 0.3) is 0 Å². The highest BCUT2D eigenvalue weighted by Crippen LogP contribution is 2.18. The molecule has 0 saturated carbocycles. The molecule has 0 atom stereocenters. The number of nitrogens with zero attached hydrogens (tertiary/aromatic N) is 1. The average Bonchev–Trinajstić information content (AvgIpc) is 2.81. The summed E-state index contributed by atoms with van der Waals surface area (Å²) in [5, 5.41) is 0. The molecule has 0 bridgehead atoms. The highest BCUT2D eigenvalue weighted by atomic mass is 19.1. The van der Waals surface area contributed by atoms with E-state index < -0.39 is 0 Å². The van der Waals surface area contributed by atoms with Crippen LogP contribution in [0.3, 0.4) is 0 Å². The fourth-order valence-electron chi connectivity index (χ4n) is 2.30. The molecule has 0 radical (unpaired) electrons. The number of hydrogen-bond acceptors (Lipinski definition) is 2. The van der Waals surface area contributed by atoms with E-state index in [1.165, 1.54) is 12.8 Å². The van der Waals surface area contributed by atoms with Crippen LogP contribution in [0.5, 0.6) is 0 Å². The minimum atomic E-state index is -0.166. The molecule has 1 aromatic rings. The van der Waals surface area contributed by atoms with Crippen LogP contribution in [0.15, 0.2) is 18.2 Å². The van der Waals surface area contributed by atoms with Crippen LogP contribution in [-0.4, -0.2) is 24.7 Å². The molecule has 1 fully saturated rings. The smallest absolute Gasteiger partial charge is 0.123 e. The van der Waals surface area contributed by atoms with Crippen molar-refractivity contribution in [2.24, 2.45) is 0 Å². The molecule has 100 valence electrons. The maximum absolute atomic E-state index is 13.5. The molecule has 0 N–H and O–H groups in total. The normalized spacial score (nSPS) is 16.7. The second-order valence-electron chi connectivity index (χ2n) is 5.35. The Balaban J connectivity index is 1.88. The van der Waals surface area contributed by atoms with Gasteiger partial charge in [0.05, 0.1) is 13.3 Å². The van der Waals surface area contributed by atoms with Gasteiger partial charge in [-0.25, -0.2) is 4.39 Å². The predicted molar refractivity (Wildman–Crippen MR) is 71.0 cm³/mol. The summed E-state index contributed by atoms with van der Waals surface area (Å²) >= 11 is 0. The molecule has 18 heavy (non-hydrogen) atoms. The van der Waals surface area contributed by atoms with Gasteiger partial charge in [-0.15, -0.1) is 0 Å². The minimum absolute atomic E-state index is 0.166. The van der Waals surface area contributed by atoms with E-state index in [-0.39, 0.29) is 5.82 Å². The number of hydrogen-bond donors (Lipinski definition) is 0. The summed E-state index contributed by atoms with van der Waals surface area (Å²) in [5.41, 5.74) is 1.97. The van der Waals surface area contributed by atoms with Gasteiger partial charge in [0.2, 0.25) is 0 Å². The van der Waals surface area contributed by atoms with Gasteiger partial charge < -0.3 is 4.74 Å². The third-order valence-electron chi connectivity index (χ3n) is 3.39. The van der Waals surface area contributed by atoms with Gasteiger partial charge in [-0.05, 0) is 42.0 Å². The zero-order valence-corrected chi connectivity index (χ0v) is 11.3. The first-order chi connectivity index (χ1) is 8.65. The van der Waals surface area contributed by atoms with E-state index in [9.17, 15) is 4.39 Å². The molecule has 0 aliphatic carbocycles. The van der Waals surface area contributed by atoms with E-state index in [1.807, 2.05) is 6.07 Å². The molecule has 0 spiro atoms. The Morgan fingerprint density at radius 3 is 2.61 bits per heavy atom. The Morgan fingerprint density at radius 2 is 1.94 bits per heavy atom. The van der Waals surface area contributed by atoms with Crippen LogP contribution in [0.2, 0.25) is 0 Å². The molecule has 2 rings (SSSR count). The monoisotopic (exact) mass is 251 g/mol. The summed E-state index contributed by atoms with van der Waals surface area (Å²) in [7, 11) is 0. The Morgan fingerprint density at radius 1 is 1.22 bits per heavy atom. The third kappa shape index (κ3) is 3.79. The first-order valence-corrected chi connectivity index (χ1v) is 6.74. The largest absolute Gasteiger partial charge is 0.361 e. The summed E-state index contributed by atoms with van der Waals surface area (Å²) in [6.07, 6.45) is 2.53. The molecule has 3 heteroatoms. The molecule has 1 aromatic carbocycles. The predicted octanol–water partition coefficient (Wildman–Crippen LogP) is 3.52. The first-order valence-electron chi connectivity index (χ1n) is 6.74. The summed E-state index contributed by atoms with van der Waals surface area (Å²) in [6, 6.07) is 5.21. The molecule has 2 nitrogen and oxygen atoms in total. The lowest BCUT2D eigenvalue weighted by Gasteiger charge is -2.15. The van der Waals surface area contributed by atoms with Crippen LogP contribution < -0.4 is 0 Å². The van der Waals surface area contributed by atoms with E-state index in [0.29, 0.717) is 19.3 Å². The Kier molecular flexibility index (Phi) is 4.72. The van der Waals surface area contributed by atoms with Crippen molar-refractivity contribution in [3.63, 3.8) is 0 Å². The van der Waals surface area contributed by atoms with Gasteiger partial charge in [0, 0.05) is 13.1 Å². The van der Waals surface area contributed by atoms with E-state index in [0.717, 1.165) is 24.2 Å². The lowest BCUT2D eigenvalue weighted by atomic mass is 10.0. The number of ether oxygens (including phenoxy) is 1. The van der Waals surface area contributed by atoms with Crippen molar-refractivity contribution in [3.05, 3.63) is 35.1 Å². The summed E-state index contributed by atoms with van der Waals surface area (Å²) < 4.78 is 19.1. The van der Waals surface area contributed by atoms with E-state index in [2.05, 4.69) is 18.7 Å². The standard InChI is InChI=1S/C15H22FNO/c1-12(2)14-7-13(8-15(16)9-14)10-18-11-17-5-3-4-6-17/h7-9,12H,3-6,10-11H2,1-2H3. The molecule has 1 heterocycles. The molecule has 1 aliphatic rings. The number of halogens is 1. The van der Waals surface area contributed by atoms with Gasteiger partial charge >= 0.3 is 0 Å². The zero-order valence-electron chi connectivity index (χ0n) is 11.3. The van der Waals surface area contributed by atoms with Crippen LogP contribution in [0.1, 0.15) is 43.7 Å². The van der Waals surface area contributed by atoms with Crippen molar-refractivity contribution in [1.29, 1.82) is 0 Å². The maximum atomic E-state index is 13.5. The Labute approximate surface area is 109 Å². The number of rotatable bonds is 5. The maximum Gasteiger partial charge on any atom is 0.123 e. The lowest BCUT2D eigenvalue weighted by Crippen LogP contribution is -2.22. The summed E-state index contributed by atoms with van der Waals surface area (Å²) in [6.45, 7) is 7.55. The van der Waals surface area contributed by atoms with Gasteiger partial charge in [-0.1, -0.05) is 19.9 Å². The third-order valence-corrected chi connectivity index (χ3v) is 3.39. The lowest BCUT2D eigenvalue weighted by molar-refractivity contribution is 0.0311. The fourth-order valence-corrected chi connectivity index (χ4v) is 2.30. The van der Waals surface area contributed by atoms with Gasteiger partial charge in [0.1, 0.15) is 5.82 Å². The summed E-state index contributed by atoms with van der Waals surface area (Å²) in [5.74, 6) is 0.180. The van der Waals surface area contributed by atoms with E-state index in [1.54, 1.807) is 12.1 Å². The fraction of sp³-hybridized carbons (Fsp3) is 0.600. The van der Waals surface area contributed by atoms with Gasteiger partial charge in [-0.3, -0.25) is 4.90 Å². The van der Waals surface area contributed by atoms with Crippen LogP contribution in [-0.2, 0) is 11.3 Å². The SMILES string of the molecule is CC(C)c1cc(F)cc(COCN2CCCC2)c1. The molecular formula is C15H22FNO. The topological polar surface area (TPSA) is 12.5 Å². The first kappa shape index (κ1) is 13.5. The van der Waals surface area contributed by atoms with Crippen molar-refractivity contribution in [1.82, 2.24) is 4.90 Å². The van der Waals surface area contributed by atoms with Crippen LogP contribution in [0, 0.1) is 5.82 Å². The van der Waals surface area contributed by atoms with E-state index in [4.69, 9.17) is 4.74 Å². The second kappa shape index (κ2) is 6.30. The highest BCUT2D eigenvalue weighted by Gasteiger charge is 2.11. The Bertz CT molecular complexity index is 386. The highest BCUT2D eigenvalue weighted by molar-refractivity contribution is 5.26. The minimum Gasteiger partial charge on any atom is -0.361 e. The second-order valence-corrected chi connectivity index (χ2v) is 5.35. The van der Waals surface area contributed by atoms with Crippen molar-refractivity contribution >= 4 is 0 Å². The van der Waals surface area contributed by atoms with Crippen LogP contribution in [0.4, 0.5) is 4.39 Å². The van der Waals surface area contributed by atoms with Crippen LogP contribution >= 0.6 is 0 Å². The van der Waals surface area contributed by atoms with Crippen molar-refractivity contribution in [2.45, 2.75) is 39.2 Å². The molecule has 1 aliphatic heterocycles. The van der Waals surface area contributed by atoms with Gasteiger partial charge in [0.25, 0.3) is 0 Å². The van der Waals surface area contributed by atoms with Crippen molar-refractivity contribution in [3.8, 4) is 0 Å². The van der Waals surface area contributed by atoms with Crippen molar-refractivity contribution < 1.29 is 9.13 Å². The van der Waals surface area contributed by atoms with Gasteiger partial charge in [0.15, 0.2) is 0 Å². The number of likely N-dealkylation sites (tertiary alicyclic amines) is 1. The Hall–Kier alpha value is -0.930. The van der Waals surface area contributed by atoms with Crippen molar-refractivity contribution in [2.75, 3.05) is 19.8 Å². The quantitative estimate of drug-likeness (QED) is 0.794.